The molecule has 0 aliphatic carbocycles. The van der Waals surface area contributed by atoms with Crippen molar-refractivity contribution in [3.05, 3.63) is 48.1 Å². The summed E-state index contributed by atoms with van der Waals surface area (Å²) in [5.41, 5.74) is 2.41. The van der Waals surface area contributed by atoms with Crippen molar-refractivity contribution in [1.29, 1.82) is 0 Å². The number of fused-ring (bicyclic) bond motifs is 1. The summed E-state index contributed by atoms with van der Waals surface area (Å²) in [5, 5.41) is 11.7. The maximum Gasteiger partial charge on any atom is 0.259 e. The fourth-order valence-electron chi connectivity index (χ4n) is 2.88. The highest BCUT2D eigenvalue weighted by Gasteiger charge is 2.20. The molecule has 1 N–H and O–H groups in total. The van der Waals surface area contributed by atoms with Crippen molar-refractivity contribution in [1.82, 2.24) is 24.8 Å². The number of carbonyl (C=O) groups is 1. The summed E-state index contributed by atoms with van der Waals surface area (Å²) >= 11 is 0. The van der Waals surface area contributed by atoms with Crippen molar-refractivity contribution >= 4 is 22.7 Å². The van der Waals surface area contributed by atoms with Crippen molar-refractivity contribution in [2.75, 3.05) is 26.0 Å². The number of amides is 1. The van der Waals surface area contributed by atoms with E-state index in [-0.39, 0.29) is 5.91 Å². The van der Waals surface area contributed by atoms with Gasteiger partial charge >= 0.3 is 0 Å². The van der Waals surface area contributed by atoms with Gasteiger partial charge in [-0.25, -0.2) is 4.98 Å². The summed E-state index contributed by atoms with van der Waals surface area (Å²) in [7, 11) is 4.00. The lowest BCUT2D eigenvalue weighted by atomic mass is 10.1. The van der Waals surface area contributed by atoms with Crippen LogP contribution in [0.15, 0.2) is 45.8 Å². The molecular formula is C19H20N6O3. The Hall–Kier alpha value is -3.46. The third-order valence-electron chi connectivity index (χ3n) is 4.30. The van der Waals surface area contributed by atoms with Crippen LogP contribution in [0, 0.1) is 6.92 Å². The average molecular weight is 380 g/mol. The number of likely N-dealkylation sites (N-methyl/N-ethyl adjacent to an activating group) is 1. The second kappa shape index (κ2) is 7.28. The Morgan fingerprint density at radius 2 is 2.21 bits per heavy atom. The summed E-state index contributed by atoms with van der Waals surface area (Å²) in [6.45, 7) is 3.36. The summed E-state index contributed by atoms with van der Waals surface area (Å²) in [5.74, 6) is 0.250. The number of carbonyl (C=O) groups excluding carboxylic acids is 1. The fraction of sp³-hybridized carbons (Fsp3) is 0.263. The van der Waals surface area contributed by atoms with E-state index in [1.54, 1.807) is 48.5 Å². The maximum absolute atomic E-state index is 13.0. The quantitative estimate of drug-likeness (QED) is 0.549. The molecule has 1 amide bonds. The van der Waals surface area contributed by atoms with Crippen molar-refractivity contribution in [2.24, 2.45) is 0 Å². The van der Waals surface area contributed by atoms with E-state index in [2.05, 4.69) is 25.5 Å². The van der Waals surface area contributed by atoms with Crippen LogP contribution in [0.1, 0.15) is 16.1 Å². The van der Waals surface area contributed by atoms with E-state index in [0.29, 0.717) is 39.5 Å². The van der Waals surface area contributed by atoms with Crippen molar-refractivity contribution < 1.29 is 13.7 Å². The highest BCUT2D eigenvalue weighted by molar-refractivity contribution is 6.12. The molecule has 0 radical (unpaired) electrons. The minimum atomic E-state index is -0.293. The summed E-state index contributed by atoms with van der Waals surface area (Å²) < 4.78 is 12.5. The number of anilines is 1. The van der Waals surface area contributed by atoms with E-state index in [1.807, 2.05) is 14.1 Å². The van der Waals surface area contributed by atoms with Gasteiger partial charge in [-0.2, -0.15) is 5.10 Å². The molecule has 4 rings (SSSR count). The van der Waals surface area contributed by atoms with Gasteiger partial charge in [0.15, 0.2) is 5.76 Å². The van der Waals surface area contributed by atoms with E-state index in [9.17, 15) is 4.79 Å². The Labute approximate surface area is 160 Å². The molecular weight excluding hydrogens is 360 g/mol. The molecule has 0 aromatic carbocycles. The predicted octanol–water partition coefficient (Wildman–Crippen LogP) is 2.80. The zero-order chi connectivity index (χ0) is 19.7. The second-order valence-corrected chi connectivity index (χ2v) is 6.73. The van der Waals surface area contributed by atoms with Crippen LogP contribution >= 0.6 is 0 Å². The summed E-state index contributed by atoms with van der Waals surface area (Å²) in [4.78, 5) is 19.5. The van der Waals surface area contributed by atoms with Crippen LogP contribution < -0.4 is 5.32 Å². The van der Waals surface area contributed by atoms with Crippen LogP contribution in [0.5, 0.6) is 0 Å². The van der Waals surface area contributed by atoms with Crippen molar-refractivity contribution in [3.8, 4) is 11.5 Å². The van der Waals surface area contributed by atoms with Gasteiger partial charge < -0.3 is 19.2 Å². The summed E-state index contributed by atoms with van der Waals surface area (Å²) in [6.07, 6.45) is 4.97. The highest BCUT2D eigenvalue weighted by Crippen LogP contribution is 2.27. The Kier molecular flexibility index (Phi) is 4.66. The Morgan fingerprint density at radius 1 is 1.36 bits per heavy atom. The summed E-state index contributed by atoms with van der Waals surface area (Å²) in [6, 6.07) is 5.21. The van der Waals surface area contributed by atoms with E-state index in [1.165, 1.54) is 0 Å². The molecule has 0 bridgehead atoms. The van der Waals surface area contributed by atoms with Crippen LogP contribution in [-0.4, -0.2) is 51.4 Å². The molecule has 4 heterocycles. The van der Waals surface area contributed by atoms with Gasteiger partial charge in [-0.1, -0.05) is 5.16 Å². The van der Waals surface area contributed by atoms with Crippen LogP contribution in [0.4, 0.5) is 5.69 Å². The molecule has 9 heteroatoms. The number of nitrogens with one attached hydrogen (secondary N) is 1. The minimum Gasteiger partial charge on any atom is -0.463 e. The van der Waals surface area contributed by atoms with Crippen molar-refractivity contribution in [3.63, 3.8) is 0 Å². The van der Waals surface area contributed by atoms with E-state index >= 15 is 0 Å². The molecule has 0 aliphatic heterocycles. The van der Waals surface area contributed by atoms with E-state index in [0.717, 1.165) is 13.1 Å². The average Bonchev–Trinajstić information content (AvgIpc) is 3.41. The SMILES string of the molecule is Cc1noc2nc(-c3ccco3)cc(C(=O)Nc3cnn(CCN(C)C)c3)c12. The zero-order valence-corrected chi connectivity index (χ0v) is 15.8. The number of pyridine rings is 1. The Bertz CT molecular complexity index is 1110. The first-order chi connectivity index (χ1) is 13.5. The number of aryl methyl sites for hydroxylation is 1. The molecule has 0 saturated carbocycles. The van der Waals surface area contributed by atoms with Gasteiger partial charge in [-0.3, -0.25) is 9.48 Å². The fourth-order valence-corrected chi connectivity index (χ4v) is 2.88. The number of furan rings is 1. The molecule has 0 spiro atoms. The highest BCUT2D eigenvalue weighted by atomic mass is 16.5. The molecule has 0 aliphatic rings. The molecule has 4 aromatic rings. The predicted molar refractivity (Wildman–Crippen MR) is 103 cm³/mol. The largest absolute Gasteiger partial charge is 0.463 e. The number of hydrogen-bond donors (Lipinski definition) is 1. The number of hydrogen-bond acceptors (Lipinski definition) is 7. The third kappa shape index (κ3) is 3.52. The van der Waals surface area contributed by atoms with Gasteiger partial charge in [0.2, 0.25) is 0 Å². The molecule has 4 aromatic heterocycles. The number of rotatable bonds is 6. The minimum absolute atomic E-state index is 0.290. The third-order valence-corrected chi connectivity index (χ3v) is 4.30. The number of nitrogens with zero attached hydrogens (tertiary/aromatic N) is 5. The molecule has 0 saturated heterocycles. The van der Waals surface area contributed by atoms with Gasteiger partial charge in [-0.05, 0) is 39.2 Å². The normalized spacial score (nSPS) is 11.4. The first-order valence-electron chi connectivity index (χ1n) is 8.80. The first kappa shape index (κ1) is 17.9. The smallest absolute Gasteiger partial charge is 0.259 e. The van der Waals surface area contributed by atoms with Gasteiger partial charge in [0.1, 0.15) is 5.69 Å². The molecule has 28 heavy (non-hydrogen) atoms. The standard InChI is InChI=1S/C19H20N6O3/c1-12-17-14(9-15(16-5-4-8-27-16)22-19(17)28-23-12)18(26)21-13-10-20-25(11-13)7-6-24(2)3/h4-5,8-11H,6-7H2,1-3H3,(H,21,26). The molecule has 0 unspecified atom stereocenters. The number of aromatic nitrogens is 4. The zero-order valence-electron chi connectivity index (χ0n) is 15.8. The lowest BCUT2D eigenvalue weighted by Gasteiger charge is -2.08. The second-order valence-electron chi connectivity index (χ2n) is 6.73. The van der Waals surface area contributed by atoms with Gasteiger partial charge in [0, 0.05) is 12.7 Å². The molecule has 0 atom stereocenters. The van der Waals surface area contributed by atoms with Crippen LogP contribution in [0.2, 0.25) is 0 Å². The van der Waals surface area contributed by atoms with E-state index < -0.39 is 0 Å². The van der Waals surface area contributed by atoms with Crippen LogP contribution in [0.25, 0.3) is 22.6 Å². The monoisotopic (exact) mass is 380 g/mol. The Morgan fingerprint density at radius 3 is 2.96 bits per heavy atom. The van der Waals surface area contributed by atoms with Crippen LogP contribution in [-0.2, 0) is 6.54 Å². The van der Waals surface area contributed by atoms with Gasteiger partial charge in [-0.15, -0.1) is 0 Å². The van der Waals surface area contributed by atoms with E-state index in [4.69, 9.17) is 8.94 Å². The Balaban J connectivity index is 1.64. The van der Waals surface area contributed by atoms with Crippen LogP contribution in [0.3, 0.4) is 0 Å². The maximum atomic E-state index is 13.0. The topological polar surface area (TPSA) is 102 Å². The molecule has 0 fully saturated rings. The van der Waals surface area contributed by atoms with Gasteiger partial charge in [0.25, 0.3) is 11.6 Å². The van der Waals surface area contributed by atoms with Crippen molar-refractivity contribution in [2.45, 2.75) is 13.5 Å². The molecule has 144 valence electrons. The lowest BCUT2D eigenvalue weighted by Crippen LogP contribution is -2.18. The lowest BCUT2D eigenvalue weighted by molar-refractivity contribution is 0.102. The van der Waals surface area contributed by atoms with Gasteiger partial charge in [0.05, 0.1) is 41.3 Å². The molecule has 9 nitrogen and oxygen atoms in total. The first-order valence-corrected chi connectivity index (χ1v) is 8.80.